The number of nitrogens with zero attached hydrogens (tertiary/aromatic N) is 2. The van der Waals surface area contributed by atoms with Gasteiger partial charge < -0.3 is 24.4 Å². The molecule has 0 aromatic heterocycles. The smallest absolute Gasteiger partial charge is 0.312 e. The van der Waals surface area contributed by atoms with E-state index in [1.165, 1.54) is 6.42 Å². The number of aliphatic hydroxyl groups excluding tert-OH is 1. The Morgan fingerprint density at radius 3 is 2.61 bits per heavy atom. The molecule has 3 heterocycles. The van der Waals surface area contributed by atoms with Gasteiger partial charge in [-0.25, -0.2) is 0 Å². The summed E-state index contributed by atoms with van der Waals surface area (Å²) < 4.78 is 12.2. The van der Waals surface area contributed by atoms with E-state index in [4.69, 9.17) is 9.47 Å². The number of ether oxygens (including phenoxy) is 2. The summed E-state index contributed by atoms with van der Waals surface area (Å²) in [5.74, 6) is -2.11. The van der Waals surface area contributed by atoms with Crippen LogP contribution in [0.5, 0.6) is 0 Å². The molecule has 0 aromatic rings. The molecule has 4 aliphatic rings. The van der Waals surface area contributed by atoms with Gasteiger partial charge in [-0.1, -0.05) is 32.3 Å². The van der Waals surface area contributed by atoms with Gasteiger partial charge in [0.25, 0.3) is 0 Å². The van der Waals surface area contributed by atoms with E-state index in [2.05, 4.69) is 13.5 Å². The fourth-order valence-corrected chi connectivity index (χ4v) is 7.53. The molecule has 3 saturated heterocycles. The summed E-state index contributed by atoms with van der Waals surface area (Å²) >= 11 is 0. The molecule has 8 heteroatoms. The molecule has 2 bridgehead atoms. The molecule has 2 amide bonds. The maximum atomic E-state index is 14.5. The van der Waals surface area contributed by atoms with Crippen molar-refractivity contribution in [3.05, 3.63) is 12.7 Å². The maximum Gasteiger partial charge on any atom is 0.312 e. The van der Waals surface area contributed by atoms with Crippen LogP contribution in [0.2, 0.25) is 0 Å². The van der Waals surface area contributed by atoms with E-state index in [-0.39, 0.29) is 37.0 Å². The van der Waals surface area contributed by atoms with E-state index in [0.29, 0.717) is 32.4 Å². The number of carbonyl (C=O) groups is 3. The number of fused-ring (bicyclic) bond motifs is 1. The normalized spacial score (nSPS) is 35.7. The van der Waals surface area contributed by atoms with Crippen LogP contribution in [0.4, 0.5) is 0 Å². The number of likely N-dealkylation sites (tertiary alicyclic amines) is 1. The van der Waals surface area contributed by atoms with Crippen molar-refractivity contribution in [2.24, 2.45) is 17.8 Å². The highest BCUT2D eigenvalue weighted by Gasteiger charge is 2.80. The topological polar surface area (TPSA) is 96.4 Å². The SMILES string of the molecule is C=CCN(C(=O)C1N(CCCCCO)C(=O)[C@@H]2[C@H](C(=O)OCC)[C@@]3(C)OC12CC3C)C1CCCCC1. The first-order chi connectivity index (χ1) is 17.3. The first kappa shape index (κ1) is 27.1. The zero-order valence-corrected chi connectivity index (χ0v) is 22.2. The van der Waals surface area contributed by atoms with Crippen LogP contribution < -0.4 is 0 Å². The van der Waals surface area contributed by atoms with Crippen LogP contribution in [0.25, 0.3) is 0 Å². The molecule has 1 aliphatic carbocycles. The highest BCUT2D eigenvalue weighted by atomic mass is 16.6. The number of carbonyl (C=O) groups excluding carboxylic acids is 3. The molecule has 0 aromatic carbocycles. The molecule has 0 radical (unpaired) electrons. The highest BCUT2D eigenvalue weighted by molar-refractivity contribution is 5.98. The van der Waals surface area contributed by atoms with Crippen LogP contribution in [0.15, 0.2) is 12.7 Å². The van der Waals surface area contributed by atoms with Gasteiger partial charge in [0.1, 0.15) is 17.6 Å². The monoisotopic (exact) mass is 504 g/mol. The third-order valence-corrected chi connectivity index (χ3v) is 9.27. The van der Waals surface area contributed by atoms with Gasteiger partial charge in [-0.15, -0.1) is 6.58 Å². The second kappa shape index (κ2) is 10.8. The van der Waals surface area contributed by atoms with Gasteiger partial charge in [-0.3, -0.25) is 14.4 Å². The molecule has 8 nitrogen and oxygen atoms in total. The Labute approximate surface area is 215 Å². The van der Waals surface area contributed by atoms with Crippen LogP contribution in [-0.2, 0) is 23.9 Å². The first-order valence-corrected chi connectivity index (χ1v) is 14.0. The average Bonchev–Trinajstić information content (AvgIpc) is 3.37. The summed E-state index contributed by atoms with van der Waals surface area (Å²) in [4.78, 5) is 45.4. The molecule has 1 saturated carbocycles. The molecule has 3 aliphatic heterocycles. The Morgan fingerprint density at radius 1 is 1.25 bits per heavy atom. The summed E-state index contributed by atoms with van der Waals surface area (Å²) in [6.07, 6.45) is 9.67. The van der Waals surface area contributed by atoms with Crippen molar-refractivity contribution >= 4 is 17.8 Å². The summed E-state index contributed by atoms with van der Waals surface area (Å²) in [7, 11) is 0. The lowest BCUT2D eigenvalue weighted by Crippen LogP contribution is -2.58. The lowest BCUT2D eigenvalue weighted by Gasteiger charge is -2.41. The van der Waals surface area contributed by atoms with Crippen LogP contribution >= 0.6 is 0 Å². The van der Waals surface area contributed by atoms with Crippen LogP contribution in [0.1, 0.15) is 78.6 Å². The fourth-order valence-electron chi connectivity index (χ4n) is 7.53. The Balaban J connectivity index is 1.74. The Kier molecular flexibility index (Phi) is 8.15. The minimum atomic E-state index is -1.04. The van der Waals surface area contributed by atoms with Gasteiger partial charge >= 0.3 is 5.97 Å². The Morgan fingerprint density at radius 2 is 1.97 bits per heavy atom. The van der Waals surface area contributed by atoms with Crippen molar-refractivity contribution in [1.82, 2.24) is 9.80 Å². The molecule has 3 unspecified atom stereocenters. The van der Waals surface area contributed by atoms with Crippen LogP contribution in [-0.4, -0.2) is 82.3 Å². The van der Waals surface area contributed by atoms with E-state index in [1.54, 1.807) is 17.9 Å². The second-order valence-corrected chi connectivity index (χ2v) is 11.3. The third kappa shape index (κ3) is 4.28. The van der Waals surface area contributed by atoms with Gasteiger partial charge in [0.2, 0.25) is 11.8 Å². The standard InChI is InChI=1S/C28H44N2O6/c1-5-15-29(20-13-9-7-10-14-20)25(33)23-28-18-19(3)27(4,36-28)22(26(34)35-6-2)21(28)24(32)30(23)16-11-8-12-17-31/h5,19-23,31H,1,6-18H2,2-4H3/t19?,21-,22+,23?,27-,28?/m0/s1. The van der Waals surface area contributed by atoms with E-state index in [9.17, 15) is 19.5 Å². The number of hydrogen-bond acceptors (Lipinski definition) is 6. The van der Waals surface area contributed by atoms with Crippen LogP contribution in [0, 0.1) is 17.8 Å². The molecule has 4 rings (SSSR count). The van der Waals surface area contributed by atoms with E-state index < -0.39 is 35.0 Å². The zero-order valence-electron chi connectivity index (χ0n) is 22.2. The summed E-state index contributed by atoms with van der Waals surface area (Å²) in [6, 6.07) is -0.645. The molecule has 36 heavy (non-hydrogen) atoms. The number of aliphatic hydroxyl groups is 1. The van der Waals surface area contributed by atoms with Gasteiger partial charge in [0.15, 0.2) is 0 Å². The zero-order chi connectivity index (χ0) is 26.1. The number of hydrogen-bond donors (Lipinski definition) is 1. The van der Waals surface area contributed by atoms with Crippen molar-refractivity contribution in [3.63, 3.8) is 0 Å². The Bertz CT molecular complexity index is 857. The third-order valence-electron chi connectivity index (χ3n) is 9.27. The van der Waals surface area contributed by atoms with E-state index >= 15 is 0 Å². The molecular formula is C28H44N2O6. The second-order valence-electron chi connectivity index (χ2n) is 11.3. The molecule has 1 spiro atoms. The van der Waals surface area contributed by atoms with Crippen molar-refractivity contribution in [3.8, 4) is 0 Å². The molecule has 6 atom stereocenters. The lowest BCUT2D eigenvalue weighted by atomic mass is 9.62. The lowest BCUT2D eigenvalue weighted by molar-refractivity contribution is -0.162. The number of unbranched alkanes of at least 4 members (excludes halogenated alkanes) is 2. The maximum absolute atomic E-state index is 14.5. The number of esters is 1. The van der Waals surface area contributed by atoms with Crippen molar-refractivity contribution in [2.45, 2.75) is 102 Å². The highest BCUT2D eigenvalue weighted by Crippen LogP contribution is 2.65. The van der Waals surface area contributed by atoms with Gasteiger partial charge in [-0.05, 0) is 58.3 Å². The first-order valence-electron chi connectivity index (χ1n) is 14.0. The fraction of sp³-hybridized carbons (Fsp3) is 0.821. The van der Waals surface area contributed by atoms with Crippen LogP contribution in [0.3, 0.4) is 0 Å². The summed E-state index contributed by atoms with van der Waals surface area (Å²) in [5.41, 5.74) is -1.88. The predicted octanol–water partition coefficient (Wildman–Crippen LogP) is 3.07. The van der Waals surface area contributed by atoms with Gasteiger partial charge in [-0.2, -0.15) is 0 Å². The molecule has 202 valence electrons. The molecule has 4 fully saturated rings. The molecular weight excluding hydrogens is 460 g/mol. The van der Waals surface area contributed by atoms with Crippen molar-refractivity contribution < 1.29 is 29.0 Å². The van der Waals surface area contributed by atoms with E-state index in [0.717, 1.165) is 32.1 Å². The average molecular weight is 505 g/mol. The number of rotatable bonds is 11. The molecule has 1 N–H and O–H groups in total. The van der Waals surface area contributed by atoms with Crippen molar-refractivity contribution in [1.29, 1.82) is 0 Å². The van der Waals surface area contributed by atoms with Gasteiger partial charge in [0.05, 0.1) is 18.1 Å². The van der Waals surface area contributed by atoms with Crippen molar-refractivity contribution in [2.75, 3.05) is 26.3 Å². The quantitative estimate of drug-likeness (QED) is 0.264. The number of amides is 2. The minimum absolute atomic E-state index is 0.00290. The Hall–Kier alpha value is -1.93. The minimum Gasteiger partial charge on any atom is -0.466 e. The summed E-state index contributed by atoms with van der Waals surface area (Å²) in [6.45, 7) is 10.8. The van der Waals surface area contributed by atoms with Gasteiger partial charge in [0, 0.05) is 25.7 Å². The van der Waals surface area contributed by atoms with E-state index in [1.807, 2.05) is 11.8 Å². The predicted molar refractivity (Wildman–Crippen MR) is 135 cm³/mol. The largest absolute Gasteiger partial charge is 0.466 e. The summed E-state index contributed by atoms with van der Waals surface area (Å²) in [5, 5.41) is 9.22.